The number of benzene rings is 2. The second-order valence-corrected chi connectivity index (χ2v) is 11.6. The van der Waals surface area contributed by atoms with E-state index in [0.717, 1.165) is 0 Å². The number of ether oxygens (including phenoxy) is 1. The second kappa shape index (κ2) is 10.7. The fourth-order valence-corrected chi connectivity index (χ4v) is 4.59. The number of sulfonamides is 1. The summed E-state index contributed by atoms with van der Waals surface area (Å²) in [6, 6.07) is 18.6. The molecule has 0 aliphatic carbocycles. The van der Waals surface area contributed by atoms with Crippen LogP contribution in [0.15, 0.2) is 76.0 Å². The molecule has 0 radical (unpaired) electrons. The van der Waals surface area contributed by atoms with Gasteiger partial charge in [0.2, 0.25) is 5.95 Å². The average Bonchev–Trinajstić information content (AvgIpc) is 3.31. The summed E-state index contributed by atoms with van der Waals surface area (Å²) in [5.41, 5.74) is 2.97. The van der Waals surface area contributed by atoms with Crippen molar-refractivity contribution < 1.29 is 22.4 Å². The highest BCUT2D eigenvalue weighted by molar-refractivity contribution is 7.92. The van der Waals surface area contributed by atoms with Gasteiger partial charge < -0.3 is 14.5 Å². The zero-order valence-corrected chi connectivity index (χ0v) is 22.7. The summed E-state index contributed by atoms with van der Waals surface area (Å²) in [6.07, 6.45) is 0. The van der Waals surface area contributed by atoms with Gasteiger partial charge >= 0.3 is 0 Å². The van der Waals surface area contributed by atoms with Gasteiger partial charge in [-0.15, -0.1) is 0 Å². The Balaban J connectivity index is 1.34. The zero-order valence-electron chi connectivity index (χ0n) is 21.9. The summed E-state index contributed by atoms with van der Waals surface area (Å²) >= 11 is 0. The first kappa shape index (κ1) is 26.9. The highest BCUT2D eigenvalue weighted by Gasteiger charge is 2.18. The molecule has 0 spiro atoms. The van der Waals surface area contributed by atoms with Crippen molar-refractivity contribution in [3.05, 3.63) is 95.2 Å². The normalized spacial score (nSPS) is 11.7. The number of carbonyl (C=O) groups excluding carboxylic acids is 1. The lowest BCUT2D eigenvalue weighted by atomic mass is 9.87. The Morgan fingerprint density at radius 1 is 0.921 bits per heavy atom. The summed E-state index contributed by atoms with van der Waals surface area (Å²) in [6.45, 7) is 10.1. The number of aromatic nitrogens is 2. The van der Waals surface area contributed by atoms with Crippen LogP contribution in [-0.2, 0) is 22.0 Å². The van der Waals surface area contributed by atoms with Crippen LogP contribution in [0, 0.1) is 13.8 Å². The molecule has 2 heterocycles. The summed E-state index contributed by atoms with van der Waals surface area (Å²) in [5.74, 6) is 0.838. The van der Waals surface area contributed by atoms with Gasteiger partial charge in [-0.3, -0.25) is 4.79 Å². The largest absolute Gasteiger partial charge is 0.486 e. The Morgan fingerprint density at radius 3 is 2.16 bits per heavy atom. The molecule has 0 unspecified atom stereocenters. The maximum Gasteiger partial charge on any atom is 0.291 e. The van der Waals surface area contributed by atoms with Gasteiger partial charge in [0.05, 0.1) is 4.90 Å². The van der Waals surface area contributed by atoms with Crippen molar-refractivity contribution >= 4 is 27.6 Å². The molecule has 0 fully saturated rings. The van der Waals surface area contributed by atoms with Crippen LogP contribution in [0.3, 0.4) is 0 Å². The van der Waals surface area contributed by atoms with Crippen molar-refractivity contribution in [2.75, 3.05) is 10.0 Å². The number of hydrogen-bond acceptors (Lipinski definition) is 7. The van der Waals surface area contributed by atoms with Crippen LogP contribution in [0.4, 0.5) is 11.6 Å². The third-order valence-corrected chi connectivity index (χ3v) is 6.96. The van der Waals surface area contributed by atoms with E-state index in [2.05, 4.69) is 40.8 Å². The molecule has 2 aromatic carbocycles. The molecule has 4 rings (SSSR count). The molecule has 198 valence electrons. The average molecular weight is 535 g/mol. The van der Waals surface area contributed by atoms with Crippen molar-refractivity contribution in [3.63, 3.8) is 0 Å². The van der Waals surface area contributed by atoms with Crippen LogP contribution in [0.5, 0.6) is 5.75 Å². The minimum absolute atomic E-state index is 0.000551. The van der Waals surface area contributed by atoms with Crippen LogP contribution in [-0.4, -0.2) is 24.3 Å². The smallest absolute Gasteiger partial charge is 0.291 e. The SMILES string of the molecule is Cc1cc(C)nc(NS(=O)(=O)c2ccc(NC(=O)c3ccc(COc4ccc(C(C)(C)C)cc4)o3)cc2)n1. The first-order valence-electron chi connectivity index (χ1n) is 12.0. The summed E-state index contributed by atoms with van der Waals surface area (Å²) in [7, 11) is -3.90. The quantitative estimate of drug-likeness (QED) is 0.301. The third-order valence-electron chi connectivity index (χ3n) is 5.62. The van der Waals surface area contributed by atoms with Gasteiger partial charge in [-0.05, 0) is 79.4 Å². The van der Waals surface area contributed by atoms with Crippen LogP contribution in [0.25, 0.3) is 0 Å². The van der Waals surface area contributed by atoms with Gasteiger partial charge in [0, 0.05) is 17.1 Å². The van der Waals surface area contributed by atoms with E-state index in [4.69, 9.17) is 9.15 Å². The topological polar surface area (TPSA) is 123 Å². The molecule has 38 heavy (non-hydrogen) atoms. The maximum absolute atomic E-state index is 12.7. The van der Waals surface area contributed by atoms with Gasteiger partial charge in [-0.1, -0.05) is 32.9 Å². The van der Waals surface area contributed by atoms with E-state index in [1.54, 1.807) is 32.0 Å². The lowest BCUT2D eigenvalue weighted by molar-refractivity contribution is 0.0992. The monoisotopic (exact) mass is 534 g/mol. The number of anilines is 2. The molecular formula is C28H30N4O5S. The van der Waals surface area contributed by atoms with E-state index in [0.29, 0.717) is 28.6 Å². The Bertz CT molecular complexity index is 1520. The van der Waals surface area contributed by atoms with Crippen molar-refractivity contribution in [2.24, 2.45) is 0 Å². The first-order chi connectivity index (χ1) is 17.9. The Labute approximate surface area is 222 Å². The predicted octanol–water partition coefficient (Wildman–Crippen LogP) is 5.62. The zero-order chi connectivity index (χ0) is 27.5. The fourth-order valence-electron chi connectivity index (χ4n) is 3.64. The lowest BCUT2D eigenvalue weighted by Gasteiger charge is -2.19. The highest BCUT2D eigenvalue weighted by atomic mass is 32.2. The van der Waals surface area contributed by atoms with Gasteiger partial charge in [0.15, 0.2) is 5.76 Å². The van der Waals surface area contributed by atoms with E-state index < -0.39 is 15.9 Å². The number of nitrogens with one attached hydrogen (secondary N) is 2. The van der Waals surface area contributed by atoms with Gasteiger partial charge in [-0.2, -0.15) is 0 Å². The van der Waals surface area contributed by atoms with Gasteiger partial charge in [-0.25, -0.2) is 23.1 Å². The fraction of sp³-hybridized carbons (Fsp3) is 0.250. The van der Waals surface area contributed by atoms with Crippen molar-refractivity contribution in [3.8, 4) is 5.75 Å². The molecule has 2 aromatic heterocycles. The van der Waals surface area contributed by atoms with Gasteiger partial charge in [0.1, 0.15) is 18.1 Å². The molecule has 4 aromatic rings. The Kier molecular flexibility index (Phi) is 7.54. The molecule has 0 atom stereocenters. The molecule has 2 N–H and O–H groups in total. The maximum atomic E-state index is 12.7. The molecule has 1 amide bonds. The van der Waals surface area contributed by atoms with E-state index in [1.807, 2.05) is 24.3 Å². The van der Waals surface area contributed by atoms with E-state index in [9.17, 15) is 13.2 Å². The van der Waals surface area contributed by atoms with E-state index in [1.165, 1.54) is 29.8 Å². The third kappa shape index (κ3) is 6.77. The number of aryl methyl sites for hydroxylation is 2. The van der Waals surface area contributed by atoms with E-state index >= 15 is 0 Å². The van der Waals surface area contributed by atoms with Crippen molar-refractivity contribution in [2.45, 2.75) is 51.5 Å². The van der Waals surface area contributed by atoms with Crippen molar-refractivity contribution in [1.82, 2.24) is 9.97 Å². The van der Waals surface area contributed by atoms with Crippen LogP contribution in [0.1, 0.15) is 54.0 Å². The van der Waals surface area contributed by atoms with E-state index in [-0.39, 0.29) is 28.6 Å². The summed E-state index contributed by atoms with van der Waals surface area (Å²) in [4.78, 5) is 20.8. The van der Waals surface area contributed by atoms with Gasteiger partial charge in [0.25, 0.3) is 15.9 Å². The standard InChI is InChI=1S/C28H30N4O5S/c1-18-16-19(2)30-27(29-18)32-38(34,35)24-13-8-21(9-14-24)31-26(33)25-15-12-23(37-25)17-36-22-10-6-20(7-11-22)28(3,4)5/h6-16H,17H2,1-5H3,(H,31,33)(H,29,30,32). The lowest BCUT2D eigenvalue weighted by Crippen LogP contribution is -2.16. The number of amides is 1. The number of furan rings is 1. The molecule has 0 saturated carbocycles. The van der Waals surface area contributed by atoms with Crippen LogP contribution < -0.4 is 14.8 Å². The molecular weight excluding hydrogens is 504 g/mol. The second-order valence-electron chi connectivity index (χ2n) is 9.89. The van der Waals surface area contributed by atoms with Crippen LogP contribution in [0.2, 0.25) is 0 Å². The molecule has 0 aliphatic rings. The summed E-state index contributed by atoms with van der Waals surface area (Å²) < 4.78 is 39.2. The summed E-state index contributed by atoms with van der Waals surface area (Å²) in [5, 5.41) is 2.70. The Morgan fingerprint density at radius 2 is 1.55 bits per heavy atom. The highest BCUT2D eigenvalue weighted by Crippen LogP contribution is 2.25. The molecule has 0 saturated heterocycles. The first-order valence-corrected chi connectivity index (χ1v) is 13.5. The molecule has 9 nitrogen and oxygen atoms in total. The number of rotatable bonds is 8. The molecule has 10 heteroatoms. The molecule has 0 bridgehead atoms. The number of carbonyl (C=O) groups is 1. The molecule has 0 aliphatic heterocycles. The minimum Gasteiger partial charge on any atom is -0.486 e. The predicted molar refractivity (Wildman–Crippen MR) is 145 cm³/mol. The Hall–Kier alpha value is -4.18. The van der Waals surface area contributed by atoms with Crippen molar-refractivity contribution in [1.29, 1.82) is 0 Å². The number of hydrogen-bond donors (Lipinski definition) is 2. The van der Waals surface area contributed by atoms with Crippen LogP contribution >= 0.6 is 0 Å². The number of nitrogens with zero attached hydrogens (tertiary/aromatic N) is 2. The minimum atomic E-state index is -3.90.